The Hall–Kier alpha value is -2.13. The summed E-state index contributed by atoms with van der Waals surface area (Å²) in [7, 11) is 0. The molecule has 0 spiro atoms. The number of aliphatic imine (C=N–C) groups is 1. The van der Waals surface area contributed by atoms with E-state index >= 15 is 0 Å². The van der Waals surface area contributed by atoms with Gasteiger partial charge in [-0.05, 0) is 6.72 Å². The summed E-state index contributed by atoms with van der Waals surface area (Å²) in [5, 5.41) is 0. The molecule has 0 radical (unpaired) electrons. The summed E-state index contributed by atoms with van der Waals surface area (Å²) in [6.07, 6.45) is 3.45. The summed E-state index contributed by atoms with van der Waals surface area (Å²) in [4.78, 5) is 26.3. The van der Waals surface area contributed by atoms with E-state index in [1.807, 2.05) is 0 Å². The molecule has 5 heteroatoms. The quantitative estimate of drug-likeness (QED) is 0.352. The topological polar surface area (TPSA) is 75.8 Å². The summed E-state index contributed by atoms with van der Waals surface area (Å²) in [6.45, 7) is 3.16. The highest BCUT2D eigenvalue weighted by Gasteiger charge is 2.26. The van der Waals surface area contributed by atoms with Crippen LogP contribution in [0.4, 0.5) is 0 Å². The normalized spacial score (nSPS) is 15.1. The van der Waals surface area contributed by atoms with E-state index < -0.39 is 11.8 Å². The first-order valence-electron chi connectivity index (χ1n) is 3.38. The molecule has 2 N–H and O–H groups in total. The van der Waals surface area contributed by atoms with Crippen LogP contribution in [-0.4, -0.2) is 23.4 Å². The standard InChI is InChI=1S/C8H7N3O2/c1-10-3-2-4-11-7(12)5-6(9)8(11)13/h3-5H,1,9H2. The van der Waals surface area contributed by atoms with E-state index in [-0.39, 0.29) is 5.70 Å². The summed E-state index contributed by atoms with van der Waals surface area (Å²) >= 11 is 0. The minimum Gasteiger partial charge on any atom is -0.394 e. The Kier molecular flexibility index (Phi) is 2.42. The van der Waals surface area contributed by atoms with Crippen LogP contribution in [-0.2, 0) is 9.59 Å². The van der Waals surface area contributed by atoms with Crippen molar-refractivity contribution in [3.63, 3.8) is 0 Å². The van der Waals surface area contributed by atoms with Gasteiger partial charge in [0.2, 0.25) is 0 Å². The predicted octanol–water partition coefficient (Wildman–Crippen LogP) is -0.475. The molecule has 5 nitrogen and oxygen atoms in total. The molecule has 13 heavy (non-hydrogen) atoms. The molecule has 0 aromatic rings. The second-order valence-electron chi connectivity index (χ2n) is 2.22. The largest absolute Gasteiger partial charge is 0.394 e. The number of amides is 2. The maximum absolute atomic E-state index is 11.1. The van der Waals surface area contributed by atoms with Gasteiger partial charge in [-0.3, -0.25) is 14.6 Å². The van der Waals surface area contributed by atoms with Gasteiger partial charge < -0.3 is 5.73 Å². The molecule has 1 rings (SSSR count). The van der Waals surface area contributed by atoms with Gasteiger partial charge in [0.05, 0.1) is 12.4 Å². The molecule has 0 aliphatic carbocycles. The number of hydrogen-bond donors (Lipinski definition) is 1. The van der Waals surface area contributed by atoms with Crippen LogP contribution >= 0.6 is 0 Å². The highest BCUT2D eigenvalue weighted by molar-refractivity contribution is 6.16. The molecular weight excluding hydrogens is 170 g/mol. The molecule has 0 saturated carbocycles. The van der Waals surface area contributed by atoms with Crippen molar-refractivity contribution >= 4 is 18.5 Å². The van der Waals surface area contributed by atoms with Crippen LogP contribution in [0, 0.1) is 0 Å². The fourth-order valence-corrected chi connectivity index (χ4v) is 0.786. The lowest BCUT2D eigenvalue weighted by Gasteiger charge is -2.04. The monoisotopic (exact) mass is 177 g/mol. The third kappa shape index (κ3) is 1.72. The van der Waals surface area contributed by atoms with Crippen LogP contribution in [0.1, 0.15) is 0 Å². The van der Waals surface area contributed by atoms with Crippen molar-refractivity contribution in [1.29, 1.82) is 0 Å². The average Bonchev–Trinajstić information content (AvgIpc) is 2.32. The number of nitrogens with zero attached hydrogens (tertiary/aromatic N) is 2. The van der Waals surface area contributed by atoms with Gasteiger partial charge in [-0.25, -0.2) is 4.90 Å². The van der Waals surface area contributed by atoms with Crippen LogP contribution in [0.15, 0.2) is 34.9 Å². The average molecular weight is 177 g/mol. The lowest BCUT2D eigenvalue weighted by molar-refractivity contribution is -0.134. The Bertz CT molecular complexity index is 362. The van der Waals surface area contributed by atoms with E-state index in [1.165, 1.54) is 6.20 Å². The van der Waals surface area contributed by atoms with Crippen LogP contribution in [0.25, 0.3) is 0 Å². The van der Waals surface area contributed by atoms with Gasteiger partial charge in [-0.15, -0.1) is 0 Å². The SMILES string of the molecule is C=NC=C=CN1C(=O)C=C(N)C1=O. The highest BCUT2D eigenvalue weighted by atomic mass is 16.2. The number of nitrogens with two attached hydrogens (primary N) is 1. The van der Waals surface area contributed by atoms with Gasteiger partial charge in [-0.2, -0.15) is 0 Å². The Labute approximate surface area is 74.5 Å². The lowest BCUT2D eigenvalue weighted by Crippen LogP contribution is -2.26. The van der Waals surface area contributed by atoms with E-state index in [1.54, 1.807) is 0 Å². The molecule has 0 fully saturated rings. The number of imide groups is 1. The number of carbonyl (C=O) groups excluding carboxylic acids is 2. The Morgan fingerprint density at radius 3 is 2.77 bits per heavy atom. The first-order chi connectivity index (χ1) is 6.16. The number of hydrogen-bond acceptors (Lipinski definition) is 4. The van der Waals surface area contributed by atoms with Crippen LogP contribution in [0.5, 0.6) is 0 Å². The summed E-state index contributed by atoms with van der Waals surface area (Å²) in [5.74, 6) is -1.03. The van der Waals surface area contributed by atoms with E-state index in [9.17, 15) is 9.59 Å². The molecule has 66 valence electrons. The van der Waals surface area contributed by atoms with Crippen LogP contribution < -0.4 is 5.73 Å². The minimum atomic E-state index is -0.546. The summed E-state index contributed by atoms with van der Waals surface area (Å²) < 4.78 is 0. The molecule has 0 saturated heterocycles. The fourth-order valence-electron chi connectivity index (χ4n) is 0.786. The number of rotatable bonds is 2. The molecule has 1 aliphatic rings. The van der Waals surface area contributed by atoms with Gasteiger partial charge in [-0.1, -0.05) is 5.73 Å². The Morgan fingerprint density at radius 1 is 1.62 bits per heavy atom. The second-order valence-corrected chi connectivity index (χ2v) is 2.22. The molecule has 2 amide bonds. The molecule has 0 aromatic heterocycles. The molecular formula is C8H7N3O2. The van der Waals surface area contributed by atoms with Crippen molar-refractivity contribution in [2.45, 2.75) is 0 Å². The fraction of sp³-hybridized carbons (Fsp3) is 0. The molecule has 0 aromatic carbocycles. The summed E-state index contributed by atoms with van der Waals surface area (Å²) in [6, 6.07) is 0. The third-order valence-corrected chi connectivity index (χ3v) is 1.35. The molecule has 0 atom stereocenters. The van der Waals surface area contributed by atoms with Crippen molar-refractivity contribution in [2.24, 2.45) is 10.7 Å². The van der Waals surface area contributed by atoms with Crippen molar-refractivity contribution in [3.05, 3.63) is 29.9 Å². The zero-order valence-electron chi connectivity index (χ0n) is 6.73. The first kappa shape index (κ1) is 8.96. The van der Waals surface area contributed by atoms with Crippen LogP contribution in [0.3, 0.4) is 0 Å². The molecule has 0 unspecified atom stereocenters. The predicted molar refractivity (Wildman–Crippen MR) is 46.3 cm³/mol. The Balaban J connectivity index is 2.86. The molecule has 0 bridgehead atoms. The summed E-state index contributed by atoms with van der Waals surface area (Å²) in [5.41, 5.74) is 7.62. The maximum atomic E-state index is 11.1. The highest BCUT2D eigenvalue weighted by Crippen LogP contribution is 2.07. The van der Waals surface area contributed by atoms with Crippen LogP contribution in [0.2, 0.25) is 0 Å². The maximum Gasteiger partial charge on any atom is 0.281 e. The zero-order valence-corrected chi connectivity index (χ0v) is 6.73. The first-order valence-corrected chi connectivity index (χ1v) is 3.38. The van der Waals surface area contributed by atoms with E-state index in [4.69, 9.17) is 5.73 Å². The smallest absolute Gasteiger partial charge is 0.281 e. The minimum absolute atomic E-state index is 0.0744. The van der Waals surface area contributed by atoms with Crippen molar-refractivity contribution in [1.82, 2.24) is 4.90 Å². The van der Waals surface area contributed by atoms with Gasteiger partial charge in [0.25, 0.3) is 11.8 Å². The van der Waals surface area contributed by atoms with Gasteiger partial charge in [0.1, 0.15) is 5.70 Å². The van der Waals surface area contributed by atoms with E-state index in [2.05, 4.69) is 17.4 Å². The van der Waals surface area contributed by atoms with E-state index in [0.29, 0.717) is 0 Å². The second kappa shape index (κ2) is 3.51. The third-order valence-electron chi connectivity index (χ3n) is 1.35. The van der Waals surface area contributed by atoms with Crippen molar-refractivity contribution in [2.75, 3.05) is 0 Å². The lowest BCUT2D eigenvalue weighted by atomic mass is 10.5. The van der Waals surface area contributed by atoms with Crippen molar-refractivity contribution in [3.8, 4) is 0 Å². The Morgan fingerprint density at radius 2 is 2.31 bits per heavy atom. The number of carbonyl (C=O) groups is 2. The van der Waals surface area contributed by atoms with E-state index in [0.717, 1.165) is 17.2 Å². The van der Waals surface area contributed by atoms with Gasteiger partial charge in [0.15, 0.2) is 0 Å². The zero-order chi connectivity index (χ0) is 9.84. The molecule has 1 aliphatic heterocycles. The van der Waals surface area contributed by atoms with Gasteiger partial charge in [0, 0.05) is 6.08 Å². The molecule has 1 heterocycles. The van der Waals surface area contributed by atoms with Gasteiger partial charge >= 0.3 is 0 Å². The van der Waals surface area contributed by atoms with Crippen molar-refractivity contribution < 1.29 is 9.59 Å².